The Labute approximate surface area is 120 Å². The van der Waals surface area contributed by atoms with Crippen LogP contribution in [-0.2, 0) is 6.42 Å². The quantitative estimate of drug-likeness (QED) is 0.638. The molecule has 0 N–H and O–H groups in total. The van der Waals surface area contributed by atoms with E-state index in [1.807, 2.05) is 17.4 Å². The van der Waals surface area contributed by atoms with Crippen molar-refractivity contribution in [3.05, 3.63) is 55.7 Å². The highest BCUT2D eigenvalue weighted by Crippen LogP contribution is 2.33. The summed E-state index contributed by atoms with van der Waals surface area (Å²) in [7, 11) is 0. The lowest BCUT2D eigenvalue weighted by atomic mass is 10.0. The van der Waals surface area contributed by atoms with Crippen LogP contribution in [0.4, 0.5) is 0 Å². The smallest absolute Gasteiger partial charge is 0.0636 e. The van der Waals surface area contributed by atoms with Crippen molar-refractivity contribution in [1.82, 2.24) is 0 Å². The van der Waals surface area contributed by atoms with E-state index in [0.29, 0.717) is 0 Å². The van der Waals surface area contributed by atoms with Crippen molar-refractivity contribution >= 4 is 38.9 Å². The van der Waals surface area contributed by atoms with Crippen LogP contribution in [0, 0.1) is 13.8 Å². The molecule has 1 unspecified atom stereocenters. The van der Waals surface area contributed by atoms with Gasteiger partial charge in [0.2, 0.25) is 0 Å². The molecule has 0 bridgehead atoms. The number of hydrogen-bond donors (Lipinski definition) is 0. The third kappa shape index (κ3) is 3.34. The Kier molecular flexibility index (Phi) is 4.29. The molecular formula is C14H14BrClS. The molecule has 1 heterocycles. The van der Waals surface area contributed by atoms with Crippen LogP contribution in [0.3, 0.4) is 0 Å². The van der Waals surface area contributed by atoms with Gasteiger partial charge in [0, 0.05) is 14.2 Å². The van der Waals surface area contributed by atoms with Gasteiger partial charge in [-0.1, -0.05) is 28.1 Å². The van der Waals surface area contributed by atoms with E-state index in [4.69, 9.17) is 11.6 Å². The van der Waals surface area contributed by atoms with Crippen molar-refractivity contribution in [3.63, 3.8) is 0 Å². The second-order valence-electron chi connectivity index (χ2n) is 4.17. The summed E-state index contributed by atoms with van der Waals surface area (Å²) in [5, 5.41) is 0.0641. The molecule has 0 radical (unpaired) electrons. The maximum absolute atomic E-state index is 6.50. The maximum Gasteiger partial charge on any atom is 0.0636 e. The van der Waals surface area contributed by atoms with Crippen molar-refractivity contribution in [2.75, 3.05) is 0 Å². The zero-order valence-electron chi connectivity index (χ0n) is 9.84. The molecule has 2 aromatic rings. The normalized spacial score (nSPS) is 12.7. The Morgan fingerprint density at radius 1 is 1.29 bits per heavy atom. The molecule has 1 atom stereocenters. The van der Waals surface area contributed by atoms with Crippen molar-refractivity contribution in [2.45, 2.75) is 25.6 Å². The highest BCUT2D eigenvalue weighted by Gasteiger charge is 2.13. The molecule has 90 valence electrons. The molecule has 0 saturated heterocycles. The molecule has 0 aliphatic rings. The van der Waals surface area contributed by atoms with Gasteiger partial charge in [-0.2, -0.15) is 0 Å². The van der Waals surface area contributed by atoms with E-state index < -0.39 is 0 Å². The summed E-state index contributed by atoms with van der Waals surface area (Å²) in [6.07, 6.45) is 0.873. The molecule has 3 heteroatoms. The Balaban J connectivity index is 2.16. The standard InChI is InChI=1S/C14H14BrClS/c1-9-6-13(10(2)17-9)14(16)8-11-4-3-5-12(15)7-11/h3-7,14H,8H2,1-2H3. The lowest BCUT2D eigenvalue weighted by Gasteiger charge is -2.09. The van der Waals surface area contributed by atoms with Crippen LogP contribution in [0.15, 0.2) is 34.8 Å². The summed E-state index contributed by atoms with van der Waals surface area (Å²) in [4.78, 5) is 2.66. The minimum absolute atomic E-state index is 0.0641. The fourth-order valence-corrected chi connectivity index (χ4v) is 3.85. The lowest BCUT2D eigenvalue weighted by molar-refractivity contribution is 0.916. The van der Waals surface area contributed by atoms with E-state index in [0.717, 1.165) is 10.9 Å². The zero-order valence-corrected chi connectivity index (χ0v) is 13.0. The van der Waals surface area contributed by atoms with Crippen LogP contribution < -0.4 is 0 Å². The number of benzene rings is 1. The van der Waals surface area contributed by atoms with Crippen LogP contribution in [0.2, 0.25) is 0 Å². The number of aryl methyl sites for hydroxylation is 2. The van der Waals surface area contributed by atoms with E-state index >= 15 is 0 Å². The van der Waals surface area contributed by atoms with Gasteiger partial charge in [0.05, 0.1) is 5.38 Å². The molecule has 0 aliphatic carbocycles. The Hall–Kier alpha value is -0.310. The van der Waals surface area contributed by atoms with Crippen LogP contribution >= 0.6 is 38.9 Å². The van der Waals surface area contributed by atoms with Gasteiger partial charge in [0.15, 0.2) is 0 Å². The summed E-state index contributed by atoms with van der Waals surface area (Å²) in [5.41, 5.74) is 2.54. The largest absolute Gasteiger partial charge is 0.146 e. The molecule has 2 rings (SSSR count). The topological polar surface area (TPSA) is 0 Å². The Morgan fingerprint density at radius 2 is 2.06 bits per heavy atom. The minimum Gasteiger partial charge on any atom is -0.146 e. The van der Waals surface area contributed by atoms with Gasteiger partial charge in [0.1, 0.15) is 0 Å². The van der Waals surface area contributed by atoms with Crippen molar-refractivity contribution in [1.29, 1.82) is 0 Å². The van der Waals surface area contributed by atoms with E-state index in [9.17, 15) is 0 Å². The number of halogens is 2. The van der Waals surface area contributed by atoms with Gasteiger partial charge in [-0.05, 0) is 49.6 Å². The molecule has 0 fully saturated rings. The van der Waals surface area contributed by atoms with Gasteiger partial charge in [-0.3, -0.25) is 0 Å². The van der Waals surface area contributed by atoms with Gasteiger partial charge in [0.25, 0.3) is 0 Å². The second kappa shape index (κ2) is 5.55. The van der Waals surface area contributed by atoms with Crippen LogP contribution in [0.1, 0.15) is 26.3 Å². The number of hydrogen-bond acceptors (Lipinski definition) is 1. The minimum atomic E-state index is 0.0641. The highest BCUT2D eigenvalue weighted by molar-refractivity contribution is 9.10. The molecule has 0 aliphatic heterocycles. The van der Waals surface area contributed by atoms with Gasteiger partial charge in [-0.25, -0.2) is 0 Å². The summed E-state index contributed by atoms with van der Waals surface area (Å²) in [6.45, 7) is 4.27. The molecule has 17 heavy (non-hydrogen) atoms. The zero-order chi connectivity index (χ0) is 12.4. The fourth-order valence-electron chi connectivity index (χ4n) is 1.94. The predicted octanol–water partition coefficient (Wildman–Crippen LogP) is 5.65. The van der Waals surface area contributed by atoms with E-state index in [2.05, 4.69) is 54.0 Å². The summed E-state index contributed by atoms with van der Waals surface area (Å²) in [5.74, 6) is 0. The highest BCUT2D eigenvalue weighted by atomic mass is 79.9. The first-order valence-corrected chi connectivity index (χ1v) is 7.56. The van der Waals surface area contributed by atoms with Gasteiger partial charge in [-0.15, -0.1) is 22.9 Å². The van der Waals surface area contributed by atoms with Crippen LogP contribution in [-0.4, -0.2) is 0 Å². The van der Waals surface area contributed by atoms with E-state index in [1.165, 1.54) is 20.9 Å². The summed E-state index contributed by atoms with van der Waals surface area (Å²) >= 11 is 11.8. The second-order valence-corrected chi connectivity index (χ2v) is 7.07. The molecule has 0 saturated carbocycles. The van der Waals surface area contributed by atoms with Crippen molar-refractivity contribution in [3.8, 4) is 0 Å². The van der Waals surface area contributed by atoms with E-state index in [1.54, 1.807) is 0 Å². The first-order chi connectivity index (χ1) is 8.06. The van der Waals surface area contributed by atoms with Gasteiger partial charge < -0.3 is 0 Å². The number of thiophene rings is 1. The molecule has 1 aromatic heterocycles. The third-order valence-electron chi connectivity index (χ3n) is 2.72. The van der Waals surface area contributed by atoms with Crippen LogP contribution in [0.5, 0.6) is 0 Å². The van der Waals surface area contributed by atoms with E-state index in [-0.39, 0.29) is 5.38 Å². The maximum atomic E-state index is 6.50. The summed E-state index contributed by atoms with van der Waals surface area (Å²) in [6, 6.07) is 10.5. The van der Waals surface area contributed by atoms with Crippen molar-refractivity contribution < 1.29 is 0 Å². The first-order valence-electron chi connectivity index (χ1n) is 5.51. The summed E-state index contributed by atoms with van der Waals surface area (Å²) < 4.78 is 1.11. The Morgan fingerprint density at radius 3 is 2.65 bits per heavy atom. The predicted molar refractivity (Wildman–Crippen MR) is 80.2 cm³/mol. The lowest BCUT2D eigenvalue weighted by Crippen LogP contribution is -1.95. The Bertz CT molecular complexity index is 519. The molecule has 1 aromatic carbocycles. The number of alkyl halides is 1. The first kappa shape index (κ1) is 13.1. The molecule has 0 nitrogen and oxygen atoms in total. The average Bonchev–Trinajstić information content (AvgIpc) is 2.58. The van der Waals surface area contributed by atoms with Crippen LogP contribution in [0.25, 0.3) is 0 Å². The number of rotatable bonds is 3. The molecule has 0 spiro atoms. The average molecular weight is 330 g/mol. The third-order valence-corrected chi connectivity index (χ3v) is 4.59. The fraction of sp³-hybridized carbons (Fsp3) is 0.286. The van der Waals surface area contributed by atoms with Gasteiger partial charge >= 0.3 is 0 Å². The molecule has 0 amide bonds. The van der Waals surface area contributed by atoms with Crippen molar-refractivity contribution in [2.24, 2.45) is 0 Å². The monoisotopic (exact) mass is 328 g/mol. The molecular weight excluding hydrogens is 316 g/mol. The SMILES string of the molecule is Cc1cc(C(Cl)Cc2cccc(Br)c2)c(C)s1.